The number of aliphatic hydroxyl groups is 1. The van der Waals surface area contributed by atoms with E-state index >= 15 is 0 Å². The summed E-state index contributed by atoms with van der Waals surface area (Å²) in [5.74, 6) is -1.19. The van der Waals surface area contributed by atoms with E-state index in [1.807, 2.05) is 0 Å². The van der Waals surface area contributed by atoms with Crippen molar-refractivity contribution in [3.8, 4) is 0 Å². The third-order valence-corrected chi connectivity index (χ3v) is 3.74. The van der Waals surface area contributed by atoms with Gasteiger partial charge in [0.15, 0.2) is 0 Å². The first-order valence-electron chi connectivity index (χ1n) is 7.52. The molecule has 24 heavy (non-hydrogen) atoms. The number of likely N-dealkylation sites (tertiary alicyclic amines) is 1. The summed E-state index contributed by atoms with van der Waals surface area (Å²) >= 11 is 5.68. The molecule has 2 rings (SSSR count). The average molecular weight is 359 g/mol. The van der Waals surface area contributed by atoms with Crippen LogP contribution in [0.15, 0.2) is 18.2 Å². The van der Waals surface area contributed by atoms with E-state index in [4.69, 9.17) is 16.3 Å². The molecule has 2 atom stereocenters. The summed E-state index contributed by atoms with van der Waals surface area (Å²) in [7, 11) is 0. The van der Waals surface area contributed by atoms with Crippen molar-refractivity contribution in [3.05, 3.63) is 29.0 Å². The first kappa shape index (κ1) is 18.5. The summed E-state index contributed by atoms with van der Waals surface area (Å²) in [6.07, 6.45) is -1.41. The Hall–Kier alpha value is -1.86. The Labute approximate surface area is 144 Å². The molecule has 0 radical (unpaired) electrons. The average Bonchev–Trinajstić information content (AvgIpc) is 2.83. The van der Waals surface area contributed by atoms with Gasteiger partial charge in [-0.2, -0.15) is 0 Å². The Morgan fingerprint density at radius 2 is 2.08 bits per heavy atom. The fourth-order valence-electron chi connectivity index (χ4n) is 2.41. The lowest BCUT2D eigenvalue weighted by Crippen LogP contribution is -2.49. The van der Waals surface area contributed by atoms with E-state index in [1.165, 1.54) is 17.0 Å². The van der Waals surface area contributed by atoms with E-state index in [0.29, 0.717) is 0 Å². The Bertz CT molecular complexity index is 647. The molecule has 0 bridgehead atoms. The Balaban J connectivity index is 2.12. The highest BCUT2D eigenvalue weighted by atomic mass is 35.5. The Morgan fingerprint density at radius 3 is 2.67 bits per heavy atom. The van der Waals surface area contributed by atoms with Gasteiger partial charge < -0.3 is 15.2 Å². The molecule has 0 spiro atoms. The number of nitrogens with zero attached hydrogens (tertiary/aromatic N) is 1. The largest absolute Gasteiger partial charge is 0.444 e. The molecule has 0 saturated carbocycles. The lowest BCUT2D eigenvalue weighted by atomic mass is 10.1. The van der Waals surface area contributed by atoms with Gasteiger partial charge >= 0.3 is 6.09 Å². The standard InChI is InChI=1S/C16H20ClFN2O4/c1-16(2,3)24-15(23)20-7-6-12(21)13(20)14(22)19-9-4-5-11(18)10(17)8-9/h4-5,8,12-13,21H,6-7H2,1-3H3,(H,19,22)/t12-,13+/m1/s1. The van der Waals surface area contributed by atoms with Crippen molar-refractivity contribution in [1.82, 2.24) is 4.90 Å². The number of carbonyl (C=O) groups excluding carboxylic acids is 2. The highest BCUT2D eigenvalue weighted by Crippen LogP contribution is 2.24. The van der Waals surface area contributed by atoms with Crippen LogP contribution in [0.25, 0.3) is 0 Å². The molecule has 1 heterocycles. The molecule has 0 aliphatic carbocycles. The monoisotopic (exact) mass is 358 g/mol. The third kappa shape index (κ3) is 4.36. The van der Waals surface area contributed by atoms with E-state index in [0.717, 1.165) is 6.07 Å². The Kier molecular flexibility index (Phi) is 5.35. The van der Waals surface area contributed by atoms with Gasteiger partial charge in [-0.25, -0.2) is 9.18 Å². The highest BCUT2D eigenvalue weighted by molar-refractivity contribution is 6.31. The number of rotatable bonds is 2. The lowest BCUT2D eigenvalue weighted by Gasteiger charge is -2.28. The molecular weight excluding hydrogens is 339 g/mol. The molecule has 2 amide bonds. The van der Waals surface area contributed by atoms with E-state index in [-0.39, 0.29) is 23.7 Å². The molecule has 2 N–H and O–H groups in total. The van der Waals surface area contributed by atoms with E-state index in [2.05, 4.69) is 5.32 Å². The first-order valence-corrected chi connectivity index (χ1v) is 7.90. The molecule has 132 valence electrons. The Morgan fingerprint density at radius 1 is 1.42 bits per heavy atom. The summed E-state index contributed by atoms with van der Waals surface area (Å²) in [5.41, 5.74) is -0.439. The summed E-state index contributed by atoms with van der Waals surface area (Å²) in [5, 5.41) is 12.5. The van der Waals surface area contributed by atoms with Crippen molar-refractivity contribution in [2.75, 3.05) is 11.9 Å². The topological polar surface area (TPSA) is 78.9 Å². The zero-order valence-corrected chi connectivity index (χ0v) is 14.4. The number of hydrogen-bond donors (Lipinski definition) is 2. The predicted octanol–water partition coefficient (Wildman–Crippen LogP) is 2.79. The van der Waals surface area contributed by atoms with Gasteiger partial charge in [0.05, 0.1) is 11.1 Å². The predicted molar refractivity (Wildman–Crippen MR) is 87.4 cm³/mol. The van der Waals surface area contributed by atoms with Gasteiger partial charge in [0, 0.05) is 12.2 Å². The summed E-state index contributed by atoms with van der Waals surface area (Å²) in [4.78, 5) is 25.8. The minimum absolute atomic E-state index is 0.135. The highest BCUT2D eigenvalue weighted by Gasteiger charge is 2.42. The van der Waals surface area contributed by atoms with Crippen LogP contribution in [0.1, 0.15) is 27.2 Å². The van der Waals surface area contributed by atoms with E-state index < -0.39 is 35.6 Å². The van der Waals surface area contributed by atoms with Gasteiger partial charge in [-0.1, -0.05) is 11.6 Å². The SMILES string of the molecule is CC(C)(C)OC(=O)N1CC[C@@H](O)[C@H]1C(=O)Nc1ccc(F)c(Cl)c1. The fourth-order valence-corrected chi connectivity index (χ4v) is 2.59. The smallest absolute Gasteiger partial charge is 0.411 e. The molecule has 6 nitrogen and oxygen atoms in total. The van der Waals surface area contributed by atoms with Crippen molar-refractivity contribution in [3.63, 3.8) is 0 Å². The minimum Gasteiger partial charge on any atom is -0.444 e. The number of benzene rings is 1. The van der Waals surface area contributed by atoms with Gasteiger partial charge in [-0.15, -0.1) is 0 Å². The van der Waals surface area contributed by atoms with Crippen LogP contribution < -0.4 is 5.32 Å². The van der Waals surface area contributed by atoms with Gasteiger partial charge in [0.25, 0.3) is 0 Å². The van der Waals surface area contributed by atoms with Crippen molar-refractivity contribution < 1.29 is 23.8 Å². The minimum atomic E-state index is -1.08. The van der Waals surface area contributed by atoms with Crippen LogP contribution >= 0.6 is 11.6 Å². The molecule has 1 aromatic rings. The zero-order valence-electron chi connectivity index (χ0n) is 13.7. The number of anilines is 1. The second-order valence-electron chi connectivity index (χ2n) is 6.59. The number of ether oxygens (including phenoxy) is 1. The second-order valence-corrected chi connectivity index (χ2v) is 7.00. The number of carbonyl (C=O) groups is 2. The molecule has 8 heteroatoms. The molecule has 1 fully saturated rings. The van der Waals surface area contributed by atoms with Crippen molar-refractivity contribution >= 4 is 29.3 Å². The molecule has 1 aromatic carbocycles. The van der Waals surface area contributed by atoms with Gasteiger partial charge in [-0.05, 0) is 45.4 Å². The normalized spacial score (nSPS) is 20.8. The molecule has 1 saturated heterocycles. The molecule has 0 unspecified atom stereocenters. The quantitative estimate of drug-likeness (QED) is 0.852. The van der Waals surface area contributed by atoms with Crippen LogP contribution in [-0.2, 0) is 9.53 Å². The number of amides is 2. The summed E-state index contributed by atoms with van der Waals surface area (Å²) in [6.45, 7) is 5.35. The van der Waals surface area contributed by atoms with Crippen LogP contribution in [0.4, 0.5) is 14.9 Å². The molecule has 1 aliphatic heterocycles. The maximum Gasteiger partial charge on any atom is 0.411 e. The molecule has 0 aromatic heterocycles. The number of aliphatic hydroxyl groups excluding tert-OH is 1. The van der Waals surface area contributed by atoms with Crippen molar-refractivity contribution in [1.29, 1.82) is 0 Å². The van der Waals surface area contributed by atoms with Gasteiger partial charge in [-0.3, -0.25) is 9.69 Å². The number of halogens is 2. The van der Waals surface area contributed by atoms with Gasteiger partial charge in [0.2, 0.25) is 5.91 Å². The van der Waals surface area contributed by atoms with Crippen molar-refractivity contribution in [2.45, 2.75) is 44.9 Å². The zero-order chi connectivity index (χ0) is 18.1. The van der Waals surface area contributed by atoms with Crippen LogP contribution in [0.5, 0.6) is 0 Å². The molecule has 1 aliphatic rings. The second kappa shape index (κ2) is 6.94. The van der Waals surface area contributed by atoms with E-state index in [1.54, 1.807) is 20.8 Å². The summed E-state index contributed by atoms with van der Waals surface area (Å²) < 4.78 is 18.4. The maximum absolute atomic E-state index is 13.2. The maximum atomic E-state index is 13.2. The summed E-state index contributed by atoms with van der Waals surface area (Å²) in [6, 6.07) is 2.64. The van der Waals surface area contributed by atoms with E-state index in [9.17, 15) is 19.1 Å². The van der Waals surface area contributed by atoms with Crippen LogP contribution in [0.3, 0.4) is 0 Å². The van der Waals surface area contributed by atoms with Gasteiger partial charge in [0.1, 0.15) is 17.5 Å². The first-order chi connectivity index (χ1) is 11.1. The molecular formula is C16H20ClFN2O4. The van der Waals surface area contributed by atoms with Crippen molar-refractivity contribution in [2.24, 2.45) is 0 Å². The van der Waals surface area contributed by atoms with Crippen LogP contribution in [0.2, 0.25) is 5.02 Å². The van der Waals surface area contributed by atoms with Crippen LogP contribution in [0, 0.1) is 5.82 Å². The number of nitrogens with one attached hydrogen (secondary N) is 1. The number of hydrogen-bond acceptors (Lipinski definition) is 4. The third-order valence-electron chi connectivity index (χ3n) is 3.45. The lowest BCUT2D eigenvalue weighted by molar-refractivity contribution is -0.122. The van der Waals surface area contributed by atoms with Crippen LogP contribution in [-0.4, -0.2) is 46.3 Å². The fraction of sp³-hybridized carbons (Fsp3) is 0.500.